The standard InChI is InChI=1S/C19H14F2N2O5/c20-11-7-8-14(15(21)10-11)17(25)22-9-3-6-16(24)28-23-18(26)12-4-1-2-5-13(12)19(23)27/h1-2,4-5,7-8,10H,3,6,9H2,(H,22,25). The predicted molar refractivity (Wildman–Crippen MR) is 91.0 cm³/mol. The summed E-state index contributed by atoms with van der Waals surface area (Å²) in [6, 6.07) is 8.63. The van der Waals surface area contributed by atoms with Crippen LogP contribution in [0.25, 0.3) is 0 Å². The molecule has 2 aromatic rings. The molecule has 0 saturated heterocycles. The maximum Gasteiger partial charge on any atom is 0.333 e. The van der Waals surface area contributed by atoms with E-state index in [1.165, 1.54) is 12.1 Å². The van der Waals surface area contributed by atoms with Gasteiger partial charge in [0.2, 0.25) is 0 Å². The van der Waals surface area contributed by atoms with E-state index in [4.69, 9.17) is 4.84 Å². The van der Waals surface area contributed by atoms with Crippen molar-refractivity contribution in [3.8, 4) is 0 Å². The minimum Gasteiger partial charge on any atom is -0.352 e. The number of hydroxylamine groups is 2. The van der Waals surface area contributed by atoms with Crippen molar-refractivity contribution in [1.29, 1.82) is 0 Å². The van der Waals surface area contributed by atoms with Crippen LogP contribution < -0.4 is 5.32 Å². The molecule has 144 valence electrons. The topological polar surface area (TPSA) is 92.8 Å². The largest absolute Gasteiger partial charge is 0.352 e. The molecular weight excluding hydrogens is 374 g/mol. The van der Waals surface area contributed by atoms with E-state index >= 15 is 0 Å². The van der Waals surface area contributed by atoms with E-state index in [1.807, 2.05) is 0 Å². The van der Waals surface area contributed by atoms with E-state index in [9.17, 15) is 28.0 Å². The van der Waals surface area contributed by atoms with Gasteiger partial charge in [-0.2, -0.15) is 0 Å². The lowest BCUT2D eigenvalue weighted by molar-refractivity contribution is -0.168. The Hall–Kier alpha value is -3.62. The van der Waals surface area contributed by atoms with Crippen molar-refractivity contribution < 1.29 is 32.8 Å². The summed E-state index contributed by atoms with van der Waals surface area (Å²) in [5.41, 5.74) is -0.0298. The van der Waals surface area contributed by atoms with Gasteiger partial charge in [0.25, 0.3) is 17.7 Å². The quantitative estimate of drug-likeness (QED) is 0.605. The zero-order valence-electron chi connectivity index (χ0n) is 14.4. The highest BCUT2D eigenvalue weighted by Gasteiger charge is 2.38. The summed E-state index contributed by atoms with van der Waals surface area (Å²) in [5, 5.41) is 2.79. The van der Waals surface area contributed by atoms with E-state index in [2.05, 4.69) is 5.32 Å². The number of rotatable bonds is 6. The molecule has 0 fully saturated rings. The van der Waals surface area contributed by atoms with E-state index in [0.29, 0.717) is 11.1 Å². The number of amides is 3. The third kappa shape index (κ3) is 3.88. The Morgan fingerprint density at radius 3 is 2.25 bits per heavy atom. The Morgan fingerprint density at radius 2 is 1.64 bits per heavy atom. The van der Waals surface area contributed by atoms with E-state index < -0.39 is 35.3 Å². The van der Waals surface area contributed by atoms with Crippen LogP contribution >= 0.6 is 0 Å². The zero-order valence-corrected chi connectivity index (χ0v) is 14.4. The molecule has 0 spiro atoms. The van der Waals surface area contributed by atoms with Gasteiger partial charge in [0.15, 0.2) is 0 Å². The van der Waals surface area contributed by atoms with Crippen molar-refractivity contribution in [1.82, 2.24) is 10.4 Å². The van der Waals surface area contributed by atoms with Crippen LogP contribution in [0.15, 0.2) is 42.5 Å². The summed E-state index contributed by atoms with van der Waals surface area (Å²) in [4.78, 5) is 52.7. The third-order valence-corrected chi connectivity index (χ3v) is 3.97. The number of nitrogens with zero attached hydrogens (tertiary/aromatic N) is 1. The lowest BCUT2D eigenvalue weighted by Gasteiger charge is -2.12. The van der Waals surface area contributed by atoms with Crippen molar-refractivity contribution in [3.05, 3.63) is 70.8 Å². The second-order valence-electron chi connectivity index (χ2n) is 5.90. The molecule has 0 radical (unpaired) electrons. The van der Waals surface area contributed by atoms with Crippen LogP contribution in [0, 0.1) is 11.6 Å². The summed E-state index contributed by atoms with van der Waals surface area (Å²) in [6.07, 6.45) is -0.0733. The Bertz CT molecular complexity index is 942. The van der Waals surface area contributed by atoms with Gasteiger partial charge >= 0.3 is 5.97 Å². The SMILES string of the molecule is O=C(CCCNC(=O)c1ccc(F)cc1F)ON1C(=O)c2ccccc2C1=O. The van der Waals surface area contributed by atoms with Crippen molar-refractivity contribution in [2.75, 3.05) is 6.54 Å². The molecular formula is C19H14F2N2O5. The van der Waals surface area contributed by atoms with Crippen molar-refractivity contribution in [2.45, 2.75) is 12.8 Å². The maximum absolute atomic E-state index is 13.5. The summed E-state index contributed by atoms with van der Waals surface area (Å²) in [6.45, 7) is 0.00681. The number of carbonyl (C=O) groups is 4. The van der Waals surface area contributed by atoms with Crippen molar-refractivity contribution >= 4 is 23.7 Å². The fraction of sp³-hybridized carbons (Fsp3) is 0.158. The van der Waals surface area contributed by atoms with E-state index in [1.54, 1.807) is 12.1 Å². The van der Waals surface area contributed by atoms with Gasteiger partial charge in [0.1, 0.15) is 11.6 Å². The Morgan fingerprint density at radius 1 is 1.00 bits per heavy atom. The highest BCUT2D eigenvalue weighted by molar-refractivity contribution is 6.20. The minimum absolute atomic E-state index is 0.00681. The number of hydrogen-bond donors (Lipinski definition) is 1. The monoisotopic (exact) mass is 388 g/mol. The minimum atomic E-state index is -0.998. The number of nitrogens with one attached hydrogen (secondary N) is 1. The van der Waals surface area contributed by atoms with Crippen molar-refractivity contribution in [3.63, 3.8) is 0 Å². The molecule has 3 rings (SSSR count). The zero-order chi connectivity index (χ0) is 20.3. The summed E-state index contributed by atoms with van der Waals surface area (Å²) < 4.78 is 26.3. The Kier molecular flexibility index (Phi) is 5.44. The van der Waals surface area contributed by atoms with Gasteiger partial charge in [-0.3, -0.25) is 14.4 Å². The fourth-order valence-electron chi connectivity index (χ4n) is 2.60. The van der Waals surface area contributed by atoms with Gasteiger partial charge in [-0.05, 0) is 30.7 Å². The molecule has 0 aliphatic carbocycles. The van der Waals surface area contributed by atoms with E-state index in [-0.39, 0.29) is 36.1 Å². The van der Waals surface area contributed by atoms with Gasteiger partial charge in [-0.15, -0.1) is 0 Å². The number of halogens is 2. The average Bonchev–Trinajstić information content (AvgIpc) is 2.90. The molecule has 3 amide bonds. The van der Waals surface area contributed by atoms with Crippen molar-refractivity contribution in [2.24, 2.45) is 0 Å². The first-order valence-corrected chi connectivity index (χ1v) is 8.30. The molecule has 2 aromatic carbocycles. The second kappa shape index (κ2) is 7.95. The van der Waals surface area contributed by atoms with Gasteiger partial charge in [-0.25, -0.2) is 13.6 Å². The highest BCUT2D eigenvalue weighted by atomic mass is 19.1. The Balaban J connectivity index is 1.46. The van der Waals surface area contributed by atoms with Crippen LogP contribution in [0.2, 0.25) is 0 Å². The van der Waals surface area contributed by atoms with Gasteiger partial charge in [-0.1, -0.05) is 17.2 Å². The summed E-state index contributed by atoms with van der Waals surface area (Å²) in [7, 11) is 0. The predicted octanol–water partition coefficient (Wildman–Crippen LogP) is 2.23. The molecule has 1 aliphatic heterocycles. The Labute approximate surface area is 157 Å². The van der Waals surface area contributed by atoms with E-state index in [0.717, 1.165) is 12.1 Å². The molecule has 0 aromatic heterocycles. The average molecular weight is 388 g/mol. The van der Waals surface area contributed by atoms with Crippen LogP contribution in [-0.2, 0) is 9.63 Å². The third-order valence-electron chi connectivity index (χ3n) is 3.97. The van der Waals surface area contributed by atoms with Gasteiger partial charge in [0.05, 0.1) is 16.7 Å². The first kappa shape index (κ1) is 19.2. The van der Waals surface area contributed by atoms with Crippen LogP contribution in [0.3, 0.4) is 0 Å². The molecule has 1 N–H and O–H groups in total. The molecule has 0 bridgehead atoms. The smallest absolute Gasteiger partial charge is 0.333 e. The normalized spacial score (nSPS) is 12.7. The first-order chi connectivity index (χ1) is 13.4. The number of fused-ring (bicyclic) bond motifs is 1. The maximum atomic E-state index is 13.5. The molecule has 0 unspecified atom stereocenters. The molecule has 7 nitrogen and oxygen atoms in total. The van der Waals surface area contributed by atoms with Crippen LogP contribution in [0.4, 0.5) is 8.78 Å². The van der Waals surface area contributed by atoms with Crippen LogP contribution in [0.1, 0.15) is 43.9 Å². The molecule has 9 heteroatoms. The van der Waals surface area contributed by atoms with Crippen LogP contribution in [-0.4, -0.2) is 35.3 Å². The van der Waals surface area contributed by atoms with Gasteiger partial charge < -0.3 is 10.2 Å². The second-order valence-corrected chi connectivity index (χ2v) is 5.90. The number of carbonyl (C=O) groups excluding carboxylic acids is 4. The molecule has 28 heavy (non-hydrogen) atoms. The molecule has 0 atom stereocenters. The fourth-order valence-corrected chi connectivity index (χ4v) is 2.60. The lowest BCUT2D eigenvalue weighted by atomic mass is 10.1. The molecule has 1 heterocycles. The summed E-state index contributed by atoms with van der Waals surface area (Å²) in [5.74, 6) is -4.85. The molecule has 0 saturated carbocycles. The lowest BCUT2D eigenvalue weighted by Crippen LogP contribution is -2.33. The number of hydrogen-bond acceptors (Lipinski definition) is 5. The summed E-state index contributed by atoms with van der Waals surface area (Å²) >= 11 is 0. The van der Waals surface area contributed by atoms with Gasteiger partial charge in [0, 0.05) is 19.0 Å². The highest BCUT2D eigenvalue weighted by Crippen LogP contribution is 2.22. The number of imide groups is 1. The first-order valence-electron chi connectivity index (χ1n) is 8.30. The number of benzene rings is 2. The van der Waals surface area contributed by atoms with Crippen LogP contribution in [0.5, 0.6) is 0 Å². The molecule has 1 aliphatic rings.